The minimum Gasteiger partial charge on any atom is -0.506 e. The molecule has 0 amide bonds. The third-order valence-electron chi connectivity index (χ3n) is 3.38. The number of rotatable bonds is 3. The summed E-state index contributed by atoms with van der Waals surface area (Å²) in [4.78, 5) is 10.8. The van der Waals surface area contributed by atoms with E-state index in [2.05, 4.69) is 0 Å². The number of aliphatic carboxylic acids is 1. The maximum atomic E-state index is 10.8. The molecule has 0 saturated heterocycles. The molecule has 1 aromatic rings. The van der Waals surface area contributed by atoms with Crippen molar-refractivity contribution in [1.82, 2.24) is 0 Å². The third kappa shape index (κ3) is 1.96. The Morgan fingerprint density at radius 2 is 2.18 bits per heavy atom. The van der Waals surface area contributed by atoms with Crippen LogP contribution in [0, 0.1) is 18.3 Å². The van der Waals surface area contributed by atoms with Gasteiger partial charge in [0.2, 0.25) is 0 Å². The molecule has 0 bridgehead atoms. The minimum atomic E-state index is -0.827. The minimum absolute atomic E-state index is 0.0117. The Morgan fingerprint density at radius 1 is 1.53 bits per heavy atom. The number of carbonyl (C=O) groups is 1. The van der Waals surface area contributed by atoms with E-state index in [9.17, 15) is 9.90 Å². The van der Waals surface area contributed by atoms with Crippen LogP contribution in [-0.4, -0.2) is 16.2 Å². The van der Waals surface area contributed by atoms with Crippen molar-refractivity contribution < 1.29 is 15.0 Å². The van der Waals surface area contributed by atoms with Crippen molar-refractivity contribution >= 4 is 5.97 Å². The fourth-order valence-corrected chi connectivity index (χ4v) is 2.18. The normalized spacial score (nSPS) is 16.2. The van der Waals surface area contributed by atoms with Crippen molar-refractivity contribution in [1.29, 1.82) is 5.26 Å². The molecule has 0 aliphatic heterocycles. The Bertz CT molecular complexity index is 524. The largest absolute Gasteiger partial charge is 0.506 e. The van der Waals surface area contributed by atoms with Crippen LogP contribution >= 0.6 is 0 Å². The molecule has 2 rings (SSSR count). The average Bonchev–Trinajstić information content (AvgIpc) is 3.01. The van der Waals surface area contributed by atoms with Gasteiger partial charge in [-0.1, -0.05) is 6.07 Å². The molecule has 0 spiro atoms. The Balaban J connectivity index is 2.44. The number of phenols is 1. The first-order chi connectivity index (χ1) is 7.98. The molecule has 88 valence electrons. The highest BCUT2D eigenvalue weighted by Crippen LogP contribution is 2.52. The molecular weight excluding hydrogens is 218 g/mol. The van der Waals surface area contributed by atoms with Crippen molar-refractivity contribution in [2.45, 2.75) is 31.6 Å². The van der Waals surface area contributed by atoms with Crippen LogP contribution in [-0.2, 0) is 10.2 Å². The Kier molecular flexibility index (Phi) is 2.55. The Hall–Kier alpha value is -2.02. The van der Waals surface area contributed by atoms with Gasteiger partial charge in [0.15, 0.2) is 0 Å². The first-order valence-electron chi connectivity index (χ1n) is 5.44. The number of benzene rings is 1. The summed E-state index contributed by atoms with van der Waals surface area (Å²) in [6, 6.07) is 5.33. The van der Waals surface area contributed by atoms with Crippen molar-refractivity contribution in [3.05, 3.63) is 28.8 Å². The summed E-state index contributed by atoms with van der Waals surface area (Å²) in [7, 11) is 0. The summed E-state index contributed by atoms with van der Waals surface area (Å²) in [5.41, 5.74) is 1.37. The van der Waals surface area contributed by atoms with Gasteiger partial charge in [0.05, 0.1) is 12.0 Å². The molecule has 0 unspecified atom stereocenters. The third-order valence-corrected chi connectivity index (χ3v) is 3.38. The van der Waals surface area contributed by atoms with Crippen LogP contribution in [0.5, 0.6) is 5.75 Å². The molecule has 1 aliphatic rings. The molecular formula is C13H13NO3. The standard InChI is InChI=1S/C13H13NO3/c1-8-4-10(5-9(7-14)12(8)17)13(2-3-13)6-11(15)16/h4-5,17H,2-3,6H2,1H3,(H,15,16). The first-order valence-corrected chi connectivity index (χ1v) is 5.44. The highest BCUT2D eigenvalue weighted by molar-refractivity contribution is 5.70. The number of aromatic hydroxyl groups is 1. The van der Waals surface area contributed by atoms with Gasteiger partial charge in [-0.3, -0.25) is 4.79 Å². The van der Waals surface area contributed by atoms with E-state index in [-0.39, 0.29) is 23.1 Å². The maximum Gasteiger partial charge on any atom is 0.304 e. The van der Waals surface area contributed by atoms with Crippen LogP contribution in [0.1, 0.15) is 36.0 Å². The molecule has 4 nitrogen and oxygen atoms in total. The molecule has 0 heterocycles. The Labute approximate surface area is 99.1 Å². The quantitative estimate of drug-likeness (QED) is 0.834. The van der Waals surface area contributed by atoms with Gasteiger partial charge in [-0.25, -0.2) is 0 Å². The Morgan fingerprint density at radius 3 is 2.65 bits per heavy atom. The number of nitriles is 1. The zero-order chi connectivity index (χ0) is 12.6. The van der Waals surface area contributed by atoms with E-state index in [0.29, 0.717) is 5.56 Å². The van der Waals surface area contributed by atoms with Crippen LogP contribution in [0.2, 0.25) is 0 Å². The number of hydrogen-bond acceptors (Lipinski definition) is 3. The maximum absolute atomic E-state index is 10.8. The van der Waals surface area contributed by atoms with Gasteiger partial charge in [0, 0.05) is 5.41 Å². The zero-order valence-corrected chi connectivity index (χ0v) is 9.53. The molecule has 17 heavy (non-hydrogen) atoms. The lowest BCUT2D eigenvalue weighted by Crippen LogP contribution is -2.13. The second-order valence-corrected chi connectivity index (χ2v) is 4.65. The number of carboxylic acid groups (broad SMARTS) is 1. The average molecular weight is 231 g/mol. The van der Waals surface area contributed by atoms with E-state index in [0.717, 1.165) is 18.4 Å². The SMILES string of the molecule is Cc1cc(C2(CC(=O)O)CC2)cc(C#N)c1O. The van der Waals surface area contributed by atoms with E-state index in [1.807, 2.05) is 6.07 Å². The number of hydrogen-bond donors (Lipinski definition) is 2. The molecule has 0 radical (unpaired) electrons. The highest BCUT2D eigenvalue weighted by Gasteiger charge is 2.46. The lowest BCUT2D eigenvalue weighted by atomic mass is 9.89. The summed E-state index contributed by atoms with van der Waals surface area (Å²) in [6.45, 7) is 1.72. The molecule has 0 aromatic heterocycles. The second kappa shape index (κ2) is 3.77. The van der Waals surface area contributed by atoms with E-state index < -0.39 is 5.97 Å². The summed E-state index contributed by atoms with van der Waals surface area (Å²) in [6.07, 6.45) is 1.74. The van der Waals surface area contributed by atoms with Crippen molar-refractivity contribution in [2.24, 2.45) is 0 Å². The van der Waals surface area contributed by atoms with E-state index in [4.69, 9.17) is 10.4 Å². The van der Waals surface area contributed by atoms with Crippen LogP contribution in [0.3, 0.4) is 0 Å². The molecule has 1 fully saturated rings. The van der Waals surface area contributed by atoms with Crippen molar-refractivity contribution in [2.75, 3.05) is 0 Å². The van der Waals surface area contributed by atoms with Crippen LogP contribution in [0.25, 0.3) is 0 Å². The zero-order valence-electron chi connectivity index (χ0n) is 9.53. The second-order valence-electron chi connectivity index (χ2n) is 4.65. The molecule has 1 aromatic carbocycles. The van der Waals surface area contributed by atoms with Gasteiger partial charge >= 0.3 is 5.97 Å². The molecule has 4 heteroatoms. The smallest absolute Gasteiger partial charge is 0.304 e. The highest BCUT2D eigenvalue weighted by atomic mass is 16.4. The first kappa shape index (κ1) is 11.5. The lowest BCUT2D eigenvalue weighted by molar-refractivity contribution is -0.137. The summed E-state index contributed by atoms with van der Waals surface area (Å²) >= 11 is 0. The summed E-state index contributed by atoms with van der Waals surface area (Å²) in [5.74, 6) is -0.839. The van der Waals surface area contributed by atoms with E-state index in [1.165, 1.54) is 0 Å². The van der Waals surface area contributed by atoms with Gasteiger partial charge in [0.1, 0.15) is 11.8 Å². The fraction of sp³-hybridized carbons (Fsp3) is 0.385. The van der Waals surface area contributed by atoms with Gasteiger partial charge in [-0.15, -0.1) is 0 Å². The van der Waals surface area contributed by atoms with E-state index >= 15 is 0 Å². The molecule has 0 atom stereocenters. The number of aryl methyl sites for hydroxylation is 1. The van der Waals surface area contributed by atoms with Gasteiger partial charge < -0.3 is 10.2 Å². The summed E-state index contributed by atoms with van der Waals surface area (Å²) < 4.78 is 0. The van der Waals surface area contributed by atoms with Crippen molar-refractivity contribution in [3.8, 4) is 11.8 Å². The molecule has 1 aliphatic carbocycles. The molecule has 2 N–H and O–H groups in total. The van der Waals surface area contributed by atoms with Gasteiger partial charge in [-0.2, -0.15) is 5.26 Å². The van der Waals surface area contributed by atoms with Crippen LogP contribution in [0.15, 0.2) is 12.1 Å². The molecule has 1 saturated carbocycles. The summed E-state index contributed by atoms with van der Waals surface area (Å²) in [5, 5.41) is 27.4. The van der Waals surface area contributed by atoms with Crippen LogP contribution < -0.4 is 0 Å². The van der Waals surface area contributed by atoms with Gasteiger partial charge in [0.25, 0.3) is 0 Å². The topological polar surface area (TPSA) is 81.3 Å². The number of nitrogens with zero attached hydrogens (tertiary/aromatic N) is 1. The number of carboxylic acids is 1. The van der Waals surface area contributed by atoms with Crippen LogP contribution in [0.4, 0.5) is 0 Å². The predicted octanol–water partition coefficient (Wildman–Crippen LogP) is 2.08. The fourth-order valence-electron chi connectivity index (χ4n) is 2.18. The van der Waals surface area contributed by atoms with Crippen molar-refractivity contribution in [3.63, 3.8) is 0 Å². The van der Waals surface area contributed by atoms with Gasteiger partial charge in [-0.05, 0) is 37.0 Å². The lowest BCUT2D eigenvalue weighted by Gasteiger charge is -2.15. The number of phenolic OH excluding ortho intramolecular Hbond substituents is 1. The monoisotopic (exact) mass is 231 g/mol. The van der Waals surface area contributed by atoms with E-state index in [1.54, 1.807) is 19.1 Å². The predicted molar refractivity (Wildman–Crippen MR) is 60.7 cm³/mol.